The Kier molecular flexibility index (Phi) is 27.1. The summed E-state index contributed by atoms with van der Waals surface area (Å²) in [7, 11) is 1.61. The van der Waals surface area contributed by atoms with Gasteiger partial charge in [-0.1, -0.05) is 64.0 Å². The number of hydrogen-bond donors (Lipinski definition) is 3. The molecule has 8 heteroatoms. The fraction of sp³-hybridized carbons (Fsp3) is 0.821. The highest BCUT2D eigenvalue weighted by Gasteiger charge is 2.15. The van der Waals surface area contributed by atoms with Crippen LogP contribution in [0.5, 0.6) is 0 Å². The summed E-state index contributed by atoms with van der Waals surface area (Å²) in [5.41, 5.74) is 4.76. The van der Waals surface area contributed by atoms with Gasteiger partial charge in [0.1, 0.15) is 6.61 Å². The number of esters is 1. The second-order valence-electron chi connectivity index (χ2n) is 9.21. The number of carbonyl (C=O) groups is 1. The van der Waals surface area contributed by atoms with Gasteiger partial charge in [0, 0.05) is 38.2 Å². The zero-order valence-electron chi connectivity index (χ0n) is 23.4. The summed E-state index contributed by atoms with van der Waals surface area (Å²) in [4.78, 5) is 12.3. The molecule has 0 unspecified atom stereocenters. The van der Waals surface area contributed by atoms with E-state index in [-0.39, 0.29) is 18.1 Å². The van der Waals surface area contributed by atoms with Gasteiger partial charge in [0.2, 0.25) is 0 Å². The van der Waals surface area contributed by atoms with E-state index in [0.29, 0.717) is 19.6 Å². The number of carbonyl (C=O) groups excluding carboxylic acids is 1. The van der Waals surface area contributed by atoms with Crippen LogP contribution in [-0.4, -0.2) is 61.9 Å². The van der Waals surface area contributed by atoms with E-state index in [1.54, 1.807) is 13.2 Å². The largest absolute Gasteiger partial charge is 0.460 e. The first-order valence-corrected chi connectivity index (χ1v) is 13.7. The van der Waals surface area contributed by atoms with Gasteiger partial charge in [0.15, 0.2) is 0 Å². The molecule has 0 aliphatic heterocycles. The standard InChI is InChI=1S/C22H40O4.C6H13NO2.H2O/c1-4-10-19(2)21(22(23)26-18-17-24-3)14-9-16-25-15-8-13-20-11-6-5-7-12-20;1-2-6(7-9)4-3-5-8;/h20H,4-18H2,1-3H3;4,7-9H,2-3,5H2,1H3;1H2/b21-19+;6-4+;. The topological polar surface area (TPSA) is 129 Å². The summed E-state index contributed by atoms with van der Waals surface area (Å²) < 4.78 is 16.1. The van der Waals surface area contributed by atoms with Crippen LogP contribution >= 0.6 is 0 Å². The van der Waals surface area contributed by atoms with Crippen molar-refractivity contribution in [3.63, 3.8) is 0 Å². The molecule has 0 aromatic rings. The average Bonchev–Trinajstić information content (AvgIpc) is 2.87. The first-order chi connectivity index (χ1) is 17.0. The Labute approximate surface area is 219 Å². The van der Waals surface area contributed by atoms with Crippen LogP contribution in [0.15, 0.2) is 22.9 Å². The lowest BCUT2D eigenvalue weighted by Gasteiger charge is -2.21. The number of hydroxylamine groups is 1. The van der Waals surface area contributed by atoms with Crippen molar-refractivity contribution in [2.24, 2.45) is 5.92 Å². The average molecular weight is 518 g/mol. The van der Waals surface area contributed by atoms with E-state index >= 15 is 0 Å². The number of aliphatic hydroxyl groups is 1. The van der Waals surface area contributed by atoms with Crippen LogP contribution in [0, 0.1) is 5.92 Å². The molecular formula is C28H55NO7. The Hall–Kier alpha value is -1.45. The molecule has 0 saturated heterocycles. The van der Waals surface area contributed by atoms with Crippen LogP contribution in [0.3, 0.4) is 0 Å². The van der Waals surface area contributed by atoms with Gasteiger partial charge >= 0.3 is 5.97 Å². The molecule has 1 saturated carbocycles. The van der Waals surface area contributed by atoms with Crippen molar-refractivity contribution in [2.45, 2.75) is 104 Å². The molecule has 1 aliphatic carbocycles. The number of allylic oxidation sites excluding steroid dienone is 2. The van der Waals surface area contributed by atoms with Crippen molar-refractivity contribution in [3.05, 3.63) is 22.9 Å². The monoisotopic (exact) mass is 517 g/mol. The Bertz CT molecular complexity index is 566. The molecule has 8 nitrogen and oxygen atoms in total. The maximum atomic E-state index is 12.3. The molecule has 0 aromatic heterocycles. The molecule has 1 fully saturated rings. The lowest BCUT2D eigenvalue weighted by Crippen LogP contribution is -2.14. The summed E-state index contributed by atoms with van der Waals surface area (Å²) in [6.45, 7) is 8.55. The van der Waals surface area contributed by atoms with Crippen molar-refractivity contribution < 1.29 is 34.8 Å². The summed E-state index contributed by atoms with van der Waals surface area (Å²) in [5.74, 6) is 0.741. The molecule has 0 amide bonds. The predicted octanol–water partition coefficient (Wildman–Crippen LogP) is 5.27. The lowest BCUT2D eigenvalue weighted by atomic mass is 9.86. The Morgan fingerprint density at radius 2 is 1.72 bits per heavy atom. The Morgan fingerprint density at radius 1 is 1.03 bits per heavy atom. The number of aliphatic hydroxyl groups excluding tert-OH is 1. The number of methoxy groups -OCH3 is 1. The third-order valence-electron chi connectivity index (χ3n) is 6.29. The third-order valence-corrected chi connectivity index (χ3v) is 6.29. The highest BCUT2D eigenvalue weighted by molar-refractivity contribution is 5.89. The molecule has 1 aliphatic rings. The minimum atomic E-state index is -0.190. The van der Waals surface area contributed by atoms with Gasteiger partial charge in [-0.2, -0.15) is 0 Å². The van der Waals surface area contributed by atoms with Crippen LogP contribution < -0.4 is 5.48 Å². The molecule has 0 radical (unpaired) electrons. The van der Waals surface area contributed by atoms with E-state index in [2.05, 4.69) is 6.92 Å². The van der Waals surface area contributed by atoms with Crippen molar-refractivity contribution in [1.82, 2.24) is 5.48 Å². The third kappa shape index (κ3) is 19.7. The summed E-state index contributed by atoms with van der Waals surface area (Å²) >= 11 is 0. The quantitative estimate of drug-likeness (QED) is 0.0978. The first kappa shape index (κ1) is 36.7. The van der Waals surface area contributed by atoms with Crippen molar-refractivity contribution in [1.29, 1.82) is 0 Å². The Balaban J connectivity index is 0. The van der Waals surface area contributed by atoms with Crippen molar-refractivity contribution in [2.75, 3.05) is 40.1 Å². The summed E-state index contributed by atoms with van der Waals surface area (Å²) in [6.07, 6.45) is 16.3. The van der Waals surface area contributed by atoms with Crippen LogP contribution in [0.2, 0.25) is 0 Å². The van der Waals surface area contributed by atoms with E-state index in [1.807, 2.05) is 19.3 Å². The summed E-state index contributed by atoms with van der Waals surface area (Å²) in [5, 5.41) is 16.7. The van der Waals surface area contributed by atoms with Gasteiger partial charge in [-0.05, 0) is 57.8 Å². The minimum Gasteiger partial charge on any atom is -0.460 e. The smallest absolute Gasteiger partial charge is 0.334 e. The molecule has 0 bridgehead atoms. The maximum Gasteiger partial charge on any atom is 0.334 e. The highest BCUT2D eigenvalue weighted by atomic mass is 16.6. The highest BCUT2D eigenvalue weighted by Crippen LogP contribution is 2.27. The molecular weight excluding hydrogens is 462 g/mol. The zero-order valence-corrected chi connectivity index (χ0v) is 23.4. The molecule has 1 rings (SSSR count). The van der Waals surface area contributed by atoms with E-state index in [9.17, 15) is 4.79 Å². The first-order valence-electron chi connectivity index (χ1n) is 13.7. The fourth-order valence-electron chi connectivity index (χ4n) is 4.23. The lowest BCUT2D eigenvalue weighted by molar-refractivity contribution is -0.140. The van der Waals surface area contributed by atoms with Gasteiger partial charge in [0.25, 0.3) is 0 Å². The number of rotatable bonds is 18. The van der Waals surface area contributed by atoms with Gasteiger partial charge in [-0.15, -0.1) is 0 Å². The van der Waals surface area contributed by atoms with Gasteiger partial charge < -0.3 is 24.8 Å². The van der Waals surface area contributed by atoms with E-state index in [0.717, 1.165) is 68.1 Å². The van der Waals surface area contributed by atoms with Crippen LogP contribution in [0.1, 0.15) is 104 Å². The second kappa shape index (κ2) is 26.6. The number of hydrogen-bond acceptors (Lipinski definition) is 7. The molecule has 214 valence electrons. The fourth-order valence-corrected chi connectivity index (χ4v) is 4.23. The zero-order chi connectivity index (χ0) is 26.2. The number of ether oxygens (including phenoxy) is 3. The van der Waals surface area contributed by atoms with Gasteiger partial charge in [-0.25, -0.2) is 4.79 Å². The van der Waals surface area contributed by atoms with E-state index in [1.165, 1.54) is 44.9 Å². The molecule has 0 aromatic carbocycles. The van der Waals surface area contributed by atoms with Crippen LogP contribution in [-0.2, 0) is 19.0 Å². The van der Waals surface area contributed by atoms with Gasteiger partial charge in [-0.3, -0.25) is 10.7 Å². The SMILES string of the molecule is CC/C(=C\CCO)NO.CCC/C(C)=C(\CCCOCCCC1CCCCC1)C(=O)OCCOC.O. The van der Waals surface area contributed by atoms with Gasteiger partial charge in [0.05, 0.1) is 6.61 Å². The van der Waals surface area contributed by atoms with Crippen molar-refractivity contribution in [3.8, 4) is 0 Å². The van der Waals surface area contributed by atoms with Crippen molar-refractivity contribution >= 4 is 5.97 Å². The molecule has 0 atom stereocenters. The molecule has 5 N–H and O–H groups in total. The molecule has 36 heavy (non-hydrogen) atoms. The number of nitrogens with one attached hydrogen (secondary N) is 1. The normalized spacial score (nSPS) is 14.8. The second-order valence-corrected chi connectivity index (χ2v) is 9.21. The van der Waals surface area contributed by atoms with E-state index in [4.69, 9.17) is 24.5 Å². The van der Waals surface area contributed by atoms with Crippen LogP contribution in [0.4, 0.5) is 0 Å². The predicted molar refractivity (Wildman–Crippen MR) is 145 cm³/mol. The molecule has 0 heterocycles. The van der Waals surface area contributed by atoms with Crippen LogP contribution in [0.25, 0.3) is 0 Å². The van der Waals surface area contributed by atoms with E-state index < -0.39 is 0 Å². The Morgan fingerprint density at radius 3 is 2.31 bits per heavy atom. The minimum absolute atomic E-state index is 0. The summed E-state index contributed by atoms with van der Waals surface area (Å²) in [6, 6.07) is 0. The molecule has 0 spiro atoms. The maximum absolute atomic E-state index is 12.3.